The molecular weight excluding hydrogens is 360 g/mol. The molecular formula is C17H24N2O6S. The van der Waals surface area contributed by atoms with Crippen LogP contribution < -0.4 is 5.32 Å². The van der Waals surface area contributed by atoms with Crippen LogP contribution in [0.4, 0.5) is 5.69 Å². The number of amides is 1. The average Bonchev–Trinajstić information content (AvgIpc) is 2.98. The van der Waals surface area contributed by atoms with Gasteiger partial charge in [0.25, 0.3) is 5.91 Å². The van der Waals surface area contributed by atoms with Crippen molar-refractivity contribution < 1.29 is 27.9 Å². The predicted octanol–water partition coefficient (Wildman–Crippen LogP) is 0.283. The van der Waals surface area contributed by atoms with Crippen LogP contribution in [0.15, 0.2) is 24.3 Å². The number of carbonyl (C=O) groups excluding carboxylic acids is 2. The number of benzene rings is 1. The normalized spacial score (nSPS) is 18.3. The number of ether oxygens (including phenoxy) is 1. The molecule has 144 valence electrons. The van der Waals surface area contributed by atoms with Crippen molar-refractivity contribution in [2.24, 2.45) is 0 Å². The summed E-state index contributed by atoms with van der Waals surface area (Å²) in [5, 5.41) is 11.8. The van der Waals surface area contributed by atoms with Gasteiger partial charge in [-0.25, -0.2) is 13.2 Å². The number of nitrogens with zero attached hydrogens (tertiary/aromatic N) is 1. The standard InChI is InChI=1S/C17H24N2O6S/c1-2-19(13-7-10-26(23,24)12-13)16(21)11-25-17(22)14-5-3-4-6-15(14)18-8-9-20/h3-6,13,18,20H,2,7-12H2,1H3/t13-/m0/s1. The number of sulfone groups is 1. The van der Waals surface area contributed by atoms with Gasteiger partial charge in [-0.2, -0.15) is 0 Å². The molecule has 0 bridgehead atoms. The highest BCUT2D eigenvalue weighted by atomic mass is 32.2. The van der Waals surface area contributed by atoms with E-state index in [9.17, 15) is 18.0 Å². The maximum atomic E-state index is 12.4. The zero-order chi connectivity index (χ0) is 19.2. The van der Waals surface area contributed by atoms with Gasteiger partial charge in [0.15, 0.2) is 16.4 Å². The Balaban J connectivity index is 1.97. The van der Waals surface area contributed by atoms with Crippen molar-refractivity contribution in [3.05, 3.63) is 29.8 Å². The van der Waals surface area contributed by atoms with Crippen LogP contribution in [-0.4, -0.2) is 74.2 Å². The third-order valence-electron chi connectivity index (χ3n) is 4.21. The maximum Gasteiger partial charge on any atom is 0.340 e. The highest BCUT2D eigenvalue weighted by Crippen LogP contribution is 2.19. The Labute approximate surface area is 153 Å². The molecule has 0 unspecified atom stereocenters. The summed E-state index contributed by atoms with van der Waals surface area (Å²) in [4.78, 5) is 26.1. The Morgan fingerprint density at radius 3 is 2.69 bits per heavy atom. The van der Waals surface area contributed by atoms with E-state index < -0.39 is 28.3 Å². The number of carbonyl (C=O) groups is 2. The number of hydrogen-bond donors (Lipinski definition) is 2. The summed E-state index contributed by atoms with van der Waals surface area (Å²) in [7, 11) is -3.10. The lowest BCUT2D eigenvalue weighted by Crippen LogP contribution is -2.43. The fraction of sp³-hybridized carbons (Fsp3) is 0.529. The topological polar surface area (TPSA) is 113 Å². The zero-order valence-corrected chi connectivity index (χ0v) is 15.5. The van der Waals surface area contributed by atoms with E-state index in [0.717, 1.165) is 0 Å². The molecule has 2 N–H and O–H groups in total. The second-order valence-electron chi connectivity index (χ2n) is 6.01. The van der Waals surface area contributed by atoms with Crippen molar-refractivity contribution in [1.82, 2.24) is 4.90 Å². The Kier molecular flexibility index (Phi) is 6.98. The van der Waals surface area contributed by atoms with Crippen molar-refractivity contribution in [1.29, 1.82) is 0 Å². The second-order valence-corrected chi connectivity index (χ2v) is 8.24. The molecule has 8 nitrogen and oxygen atoms in total. The lowest BCUT2D eigenvalue weighted by Gasteiger charge is -2.26. The quantitative estimate of drug-likeness (QED) is 0.619. The molecule has 1 aliphatic heterocycles. The summed E-state index contributed by atoms with van der Waals surface area (Å²) >= 11 is 0. The van der Waals surface area contributed by atoms with E-state index in [1.54, 1.807) is 31.2 Å². The van der Waals surface area contributed by atoms with Crippen LogP contribution in [0.5, 0.6) is 0 Å². The summed E-state index contributed by atoms with van der Waals surface area (Å²) in [5.41, 5.74) is 0.772. The lowest BCUT2D eigenvalue weighted by atomic mass is 10.2. The SMILES string of the molecule is CCN(C(=O)COC(=O)c1ccccc1NCCO)[C@H]1CCS(=O)(=O)C1. The minimum atomic E-state index is -3.10. The molecule has 0 aromatic heterocycles. The summed E-state index contributed by atoms with van der Waals surface area (Å²) in [6, 6.07) is 6.28. The van der Waals surface area contributed by atoms with Gasteiger partial charge in [-0.1, -0.05) is 12.1 Å². The number of rotatable bonds is 8. The molecule has 0 radical (unpaired) electrons. The number of aliphatic hydroxyl groups is 1. The third kappa shape index (κ3) is 5.18. The molecule has 1 aromatic carbocycles. The summed E-state index contributed by atoms with van der Waals surface area (Å²) < 4.78 is 28.3. The van der Waals surface area contributed by atoms with Gasteiger partial charge >= 0.3 is 5.97 Å². The highest BCUT2D eigenvalue weighted by Gasteiger charge is 2.34. The molecule has 2 rings (SSSR count). The van der Waals surface area contributed by atoms with Crippen LogP contribution in [0.25, 0.3) is 0 Å². The van der Waals surface area contributed by atoms with Crippen LogP contribution in [0.2, 0.25) is 0 Å². The third-order valence-corrected chi connectivity index (χ3v) is 5.96. The molecule has 1 atom stereocenters. The van der Waals surface area contributed by atoms with E-state index in [1.165, 1.54) is 4.90 Å². The number of esters is 1. The van der Waals surface area contributed by atoms with Crippen LogP contribution in [0, 0.1) is 0 Å². The molecule has 1 fully saturated rings. The molecule has 0 aliphatic carbocycles. The van der Waals surface area contributed by atoms with E-state index in [1.807, 2.05) is 0 Å². The number of aliphatic hydroxyl groups excluding tert-OH is 1. The van der Waals surface area contributed by atoms with E-state index in [-0.39, 0.29) is 36.3 Å². The van der Waals surface area contributed by atoms with Crippen LogP contribution >= 0.6 is 0 Å². The van der Waals surface area contributed by atoms with Gasteiger partial charge in [0.05, 0.1) is 23.7 Å². The Morgan fingerprint density at radius 1 is 1.35 bits per heavy atom. The first-order valence-corrected chi connectivity index (χ1v) is 10.3. The van der Waals surface area contributed by atoms with Crippen molar-refractivity contribution in [3.8, 4) is 0 Å². The van der Waals surface area contributed by atoms with Gasteiger partial charge < -0.3 is 20.1 Å². The molecule has 1 heterocycles. The number of para-hydroxylation sites is 1. The molecule has 1 amide bonds. The summed E-state index contributed by atoms with van der Waals surface area (Å²) in [5.74, 6) is -1.04. The fourth-order valence-corrected chi connectivity index (χ4v) is 4.68. The number of nitrogens with one attached hydrogen (secondary N) is 1. The zero-order valence-electron chi connectivity index (χ0n) is 14.7. The van der Waals surface area contributed by atoms with Crippen LogP contribution in [0.1, 0.15) is 23.7 Å². The van der Waals surface area contributed by atoms with Gasteiger partial charge in [0.2, 0.25) is 0 Å². The first-order chi connectivity index (χ1) is 12.4. The van der Waals surface area contributed by atoms with E-state index in [0.29, 0.717) is 18.7 Å². The first-order valence-electron chi connectivity index (χ1n) is 8.48. The Morgan fingerprint density at radius 2 is 2.08 bits per heavy atom. The molecule has 1 aliphatic rings. The Hall–Kier alpha value is -2.13. The van der Waals surface area contributed by atoms with E-state index >= 15 is 0 Å². The largest absolute Gasteiger partial charge is 0.452 e. The van der Waals surface area contributed by atoms with E-state index in [4.69, 9.17) is 9.84 Å². The van der Waals surface area contributed by atoms with Gasteiger partial charge in [0, 0.05) is 24.8 Å². The van der Waals surface area contributed by atoms with Crippen LogP contribution in [-0.2, 0) is 19.4 Å². The molecule has 1 saturated heterocycles. The van der Waals surface area contributed by atoms with Crippen molar-refractivity contribution in [2.75, 3.05) is 43.1 Å². The summed E-state index contributed by atoms with van der Waals surface area (Å²) in [6.45, 7) is 1.86. The number of anilines is 1. The maximum absolute atomic E-state index is 12.4. The summed E-state index contributed by atoms with van der Waals surface area (Å²) in [6.07, 6.45) is 0.407. The lowest BCUT2D eigenvalue weighted by molar-refractivity contribution is -0.136. The molecule has 0 saturated carbocycles. The average molecular weight is 384 g/mol. The molecule has 0 spiro atoms. The smallest absolute Gasteiger partial charge is 0.340 e. The van der Waals surface area contributed by atoms with Crippen molar-refractivity contribution in [3.63, 3.8) is 0 Å². The van der Waals surface area contributed by atoms with Gasteiger partial charge in [-0.3, -0.25) is 4.79 Å². The minimum absolute atomic E-state index is 0.0472. The minimum Gasteiger partial charge on any atom is -0.452 e. The molecule has 26 heavy (non-hydrogen) atoms. The highest BCUT2D eigenvalue weighted by molar-refractivity contribution is 7.91. The first kappa shape index (κ1) is 20.2. The van der Waals surface area contributed by atoms with Gasteiger partial charge in [-0.15, -0.1) is 0 Å². The predicted molar refractivity (Wildman–Crippen MR) is 96.7 cm³/mol. The number of hydrogen-bond acceptors (Lipinski definition) is 7. The molecule has 1 aromatic rings. The van der Waals surface area contributed by atoms with Gasteiger partial charge in [-0.05, 0) is 25.5 Å². The van der Waals surface area contributed by atoms with Crippen molar-refractivity contribution >= 4 is 27.4 Å². The van der Waals surface area contributed by atoms with E-state index in [2.05, 4.69) is 5.32 Å². The Bertz CT molecular complexity index is 749. The monoisotopic (exact) mass is 384 g/mol. The van der Waals surface area contributed by atoms with Crippen LogP contribution in [0.3, 0.4) is 0 Å². The number of likely N-dealkylation sites (N-methyl/N-ethyl adjacent to an activating group) is 1. The second kappa shape index (κ2) is 9.00. The fourth-order valence-electron chi connectivity index (χ4n) is 2.95. The molecule has 9 heteroatoms. The van der Waals surface area contributed by atoms with Crippen molar-refractivity contribution in [2.45, 2.75) is 19.4 Å². The van der Waals surface area contributed by atoms with Gasteiger partial charge in [0.1, 0.15) is 0 Å².